The molecule has 1 saturated carbocycles. The van der Waals surface area contributed by atoms with Crippen molar-refractivity contribution in [2.24, 2.45) is 4.99 Å². The van der Waals surface area contributed by atoms with Gasteiger partial charge in [-0.05, 0) is 16.7 Å². The van der Waals surface area contributed by atoms with Gasteiger partial charge in [-0.25, -0.2) is 4.99 Å². The molecule has 6 rings (SSSR count). The summed E-state index contributed by atoms with van der Waals surface area (Å²) in [5.41, 5.74) is 0.804. The molecule has 0 bridgehead atoms. The number of hydrogen-bond acceptors (Lipinski definition) is 12. The second-order valence-corrected chi connectivity index (χ2v) is 12.0. The maximum atomic E-state index is 11.0. The number of methoxy groups -OCH3 is 1. The Bertz CT molecular complexity index is 1430. The zero-order valence-electron chi connectivity index (χ0n) is 26.1. The smallest absolute Gasteiger partial charge is 0.285 e. The highest BCUT2D eigenvalue weighted by molar-refractivity contribution is 5.77. The maximum Gasteiger partial charge on any atom is 0.285 e. The lowest BCUT2D eigenvalue weighted by molar-refractivity contribution is -0.294. The van der Waals surface area contributed by atoms with E-state index in [-0.39, 0.29) is 25.8 Å². The van der Waals surface area contributed by atoms with Gasteiger partial charge in [0.05, 0.1) is 39.1 Å². The van der Waals surface area contributed by atoms with E-state index in [0.717, 1.165) is 16.7 Å². The summed E-state index contributed by atoms with van der Waals surface area (Å²) in [6, 6.07) is 27.4. The molecule has 10 atom stereocenters. The minimum Gasteiger partial charge on any atom is -0.457 e. The molecule has 1 saturated heterocycles. The number of fused-ring (bicyclic) bond motifs is 1. The quantitative estimate of drug-likeness (QED) is 0.181. The predicted molar refractivity (Wildman–Crippen MR) is 169 cm³/mol. The van der Waals surface area contributed by atoms with E-state index in [4.69, 9.17) is 28.4 Å². The van der Waals surface area contributed by atoms with Gasteiger partial charge in [-0.3, -0.25) is 0 Å². The molecule has 0 radical (unpaired) electrons. The molecular weight excluding hydrogens is 608 g/mol. The van der Waals surface area contributed by atoms with Gasteiger partial charge >= 0.3 is 0 Å². The summed E-state index contributed by atoms with van der Waals surface area (Å²) in [5, 5.41) is 45.2. The van der Waals surface area contributed by atoms with Crippen molar-refractivity contribution >= 4 is 6.02 Å². The largest absolute Gasteiger partial charge is 0.457 e. The van der Waals surface area contributed by atoms with Crippen LogP contribution in [0.2, 0.25) is 0 Å². The highest BCUT2D eigenvalue weighted by atomic mass is 16.7. The van der Waals surface area contributed by atoms with Gasteiger partial charge in [0.2, 0.25) is 0 Å². The van der Waals surface area contributed by atoms with Crippen LogP contribution in [0.1, 0.15) is 16.7 Å². The van der Waals surface area contributed by atoms with Crippen molar-refractivity contribution in [3.63, 3.8) is 0 Å². The van der Waals surface area contributed by atoms with E-state index < -0.39 is 67.2 Å². The van der Waals surface area contributed by atoms with Crippen LogP contribution >= 0.6 is 0 Å². The fourth-order valence-corrected chi connectivity index (χ4v) is 6.31. The highest BCUT2D eigenvalue weighted by Crippen LogP contribution is 2.39. The Kier molecular flexibility index (Phi) is 10.8. The van der Waals surface area contributed by atoms with Crippen LogP contribution in [0, 0.1) is 0 Å². The first-order chi connectivity index (χ1) is 22.9. The average Bonchev–Trinajstić information content (AvgIpc) is 3.61. The fraction of sp³-hybridized carbons (Fsp3) is 0.457. The van der Waals surface area contributed by atoms with Crippen molar-refractivity contribution in [3.05, 3.63) is 108 Å². The summed E-state index contributed by atoms with van der Waals surface area (Å²) in [6.07, 6.45) is -7.12. The second kappa shape index (κ2) is 15.2. The molecule has 5 N–H and O–H groups in total. The summed E-state index contributed by atoms with van der Waals surface area (Å²) < 4.78 is 37.5. The Labute approximate surface area is 273 Å². The van der Waals surface area contributed by atoms with Crippen LogP contribution in [0.25, 0.3) is 0 Å². The van der Waals surface area contributed by atoms with Crippen LogP contribution in [0.5, 0.6) is 0 Å². The Balaban J connectivity index is 1.29. The first-order valence-electron chi connectivity index (χ1n) is 15.7. The SMILES string of the molecule is CO[C@H]1O[C@H](COCc2ccccc2)[C@H](NC2=N[C@@H]3[C@H](O2)[C@@H](O)[C@H](O)[C@]3(O)CO)[C@H](OCc2ccccc2)[C@H]1OCc1ccccc1. The molecule has 0 aromatic heterocycles. The molecule has 12 heteroatoms. The number of nitrogens with one attached hydrogen (secondary N) is 1. The number of ether oxygens (including phenoxy) is 6. The number of hydrogen-bond donors (Lipinski definition) is 5. The number of aliphatic hydroxyl groups excluding tert-OH is 3. The molecule has 0 unspecified atom stereocenters. The zero-order valence-corrected chi connectivity index (χ0v) is 26.1. The number of amidine groups is 1. The van der Waals surface area contributed by atoms with E-state index >= 15 is 0 Å². The predicted octanol–water partition coefficient (Wildman–Crippen LogP) is 1.29. The van der Waals surface area contributed by atoms with Gasteiger partial charge in [0.25, 0.3) is 6.02 Å². The third-order valence-corrected chi connectivity index (χ3v) is 8.90. The first kappa shape index (κ1) is 33.5. The van der Waals surface area contributed by atoms with Gasteiger partial charge in [-0.15, -0.1) is 0 Å². The molecule has 0 spiro atoms. The van der Waals surface area contributed by atoms with E-state index in [1.54, 1.807) is 7.11 Å². The van der Waals surface area contributed by atoms with Gasteiger partial charge < -0.3 is 54.2 Å². The van der Waals surface area contributed by atoms with Gasteiger partial charge in [0, 0.05) is 7.11 Å². The lowest BCUT2D eigenvalue weighted by atomic mass is 9.95. The molecular formula is C35H42N2O10. The summed E-state index contributed by atoms with van der Waals surface area (Å²) in [7, 11) is 1.54. The Hall–Kier alpha value is -3.43. The minimum atomic E-state index is -2.08. The molecule has 47 heavy (non-hydrogen) atoms. The zero-order chi connectivity index (χ0) is 32.8. The topological polar surface area (TPSA) is 161 Å². The van der Waals surface area contributed by atoms with Gasteiger partial charge in [-0.2, -0.15) is 0 Å². The third-order valence-electron chi connectivity index (χ3n) is 8.90. The summed E-state index contributed by atoms with van der Waals surface area (Å²) in [5.74, 6) is 0. The van der Waals surface area contributed by atoms with Crippen LogP contribution in [0.15, 0.2) is 96.0 Å². The molecule has 3 aromatic rings. The number of aliphatic imine (C=N–C) groups is 1. The lowest BCUT2D eigenvalue weighted by Crippen LogP contribution is -2.66. The standard InChI is InChI=1S/C35H42N2O10/c1-42-33-30(45-19-24-15-9-4-10-16-24)28(44-18-23-13-7-3-8-14-23)26(25(46-33)20-43-17-22-11-5-2-6-12-22)36-34-37-31-29(47-34)27(39)32(40)35(31,41)21-38/h2-16,25-33,38-41H,17-21H2,1H3,(H,36,37)/t25-,26+,27-,28+,29-,30-,31-,32+,33+,35+/m1/s1. The van der Waals surface area contributed by atoms with Crippen LogP contribution < -0.4 is 5.32 Å². The molecule has 3 aliphatic rings. The number of aliphatic hydroxyl groups is 4. The highest BCUT2D eigenvalue weighted by Gasteiger charge is 2.63. The van der Waals surface area contributed by atoms with Crippen molar-refractivity contribution in [2.45, 2.75) is 80.4 Å². The average molecular weight is 651 g/mol. The molecule has 0 amide bonds. The van der Waals surface area contributed by atoms with E-state index in [9.17, 15) is 20.4 Å². The van der Waals surface area contributed by atoms with Gasteiger partial charge in [0.1, 0.15) is 42.2 Å². The monoisotopic (exact) mass is 650 g/mol. The van der Waals surface area contributed by atoms with E-state index in [1.165, 1.54) is 0 Å². The van der Waals surface area contributed by atoms with Crippen molar-refractivity contribution in [2.75, 3.05) is 20.3 Å². The molecule has 2 heterocycles. The van der Waals surface area contributed by atoms with E-state index in [2.05, 4.69) is 10.3 Å². The van der Waals surface area contributed by atoms with Crippen LogP contribution in [-0.2, 0) is 48.2 Å². The van der Waals surface area contributed by atoms with Crippen LogP contribution in [0.4, 0.5) is 0 Å². The normalized spacial score (nSPS) is 33.2. The number of nitrogens with zero attached hydrogens (tertiary/aromatic N) is 1. The fourth-order valence-electron chi connectivity index (χ4n) is 6.31. The van der Waals surface area contributed by atoms with Crippen molar-refractivity contribution < 1.29 is 48.8 Å². The minimum absolute atomic E-state index is 0.00882. The lowest BCUT2D eigenvalue weighted by Gasteiger charge is -2.46. The third kappa shape index (κ3) is 7.36. The second-order valence-electron chi connectivity index (χ2n) is 12.0. The molecule has 1 aliphatic carbocycles. The van der Waals surface area contributed by atoms with Crippen molar-refractivity contribution in [3.8, 4) is 0 Å². The van der Waals surface area contributed by atoms with Crippen molar-refractivity contribution in [1.82, 2.24) is 5.32 Å². The number of rotatable bonds is 13. The molecule has 2 fully saturated rings. The van der Waals surface area contributed by atoms with Gasteiger partial charge in [0.15, 0.2) is 12.4 Å². The van der Waals surface area contributed by atoms with E-state index in [0.29, 0.717) is 6.61 Å². The number of benzene rings is 3. The molecule has 3 aromatic carbocycles. The summed E-state index contributed by atoms with van der Waals surface area (Å²) >= 11 is 0. The van der Waals surface area contributed by atoms with Crippen LogP contribution in [-0.4, -0.2) is 107 Å². The molecule has 252 valence electrons. The first-order valence-corrected chi connectivity index (χ1v) is 15.7. The Morgan fingerprint density at radius 2 is 1.36 bits per heavy atom. The van der Waals surface area contributed by atoms with Gasteiger partial charge in [-0.1, -0.05) is 91.0 Å². The van der Waals surface area contributed by atoms with Crippen LogP contribution in [0.3, 0.4) is 0 Å². The van der Waals surface area contributed by atoms with Crippen molar-refractivity contribution in [1.29, 1.82) is 0 Å². The summed E-state index contributed by atoms with van der Waals surface area (Å²) in [6.45, 7) is 0.158. The maximum absolute atomic E-state index is 11.0. The summed E-state index contributed by atoms with van der Waals surface area (Å²) in [4.78, 5) is 4.47. The Morgan fingerprint density at radius 3 is 1.91 bits per heavy atom. The molecule has 12 nitrogen and oxygen atoms in total. The Morgan fingerprint density at radius 1 is 0.809 bits per heavy atom. The molecule has 2 aliphatic heterocycles. The van der Waals surface area contributed by atoms with E-state index in [1.807, 2.05) is 91.0 Å².